The van der Waals surface area contributed by atoms with Crippen molar-refractivity contribution in [2.24, 2.45) is 0 Å². The van der Waals surface area contributed by atoms with E-state index in [9.17, 15) is 14.0 Å². The number of thiazole rings is 1. The highest BCUT2D eigenvalue weighted by atomic mass is 32.1. The minimum atomic E-state index is -0.697. The third-order valence-corrected chi connectivity index (χ3v) is 4.66. The molecule has 0 spiro atoms. The Balaban J connectivity index is 2.20. The van der Waals surface area contributed by atoms with Crippen LogP contribution in [0.25, 0.3) is 0 Å². The van der Waals surface area contributed by atoms with Gasteiger partial charge in [-0.05, 0) is 39.0 Å². The Morgan fingerprint density at radius 2 is 1.74 bits per heavy atom. The lowest BCUT2D eigenvalue weighted by Crippen LogP contribution is -2.27. The van der Waals surface area contributed by atoms with Gasteiger partial charge in [-0.25, -0.2) is 14.2 Å². The molecule has 0 saturated carbocycles. The molecule has 0 radical (unpaired) electrons. The van der Waals surface area contributed by atoms with Gasteiger partial charge in [0.25, 0.3) is 5.91 Å². The van der Waals surface area contributed by atoms with Gasteiger partial charge >= 0.3 is 6.09 Å². The zero-order valence-corrected chi connectivity index (χ0v) is 17.1. The maximum atomic E-state index is 13.7. The predicted octanol–water partition coefficient (Wildman–Crippen LogP) is 5.18. The molecule has 2 amide bonds. The van der Waals surface area contributed by atoms with Crippen molar-refractivity contribution in [3.05, 3.63) is 40.1 Å². The molecule has 0 aliphatic carbocycles. The molecule has 1 aromatic carbocycles. The second-order valence-electron chi connectivity index (χ2n) is 8.05. The lowest BCUT2D eigenvalue weighted by molar-refractivity contribution is 0.0635. The molecule has 6 nitrogen and oxygen atoms in total. The molecular formula is C19H24FN3O3S. The van der Waals surface area contributed by atoms with Gasteiger partial charge in [-0.3, -0.25) is 10.1 Å². The monoisotopic (exact) mass is 393 g/mol. The zero-order valence-electron chi connectivity index (χ0n) is 16.3. The van der Waals surface area contributed by atoms with Crippen molar-refractivity contribution in [1.82, 2.24) is 4.98 Å². The van der Waals surface area contributed by atoms with Gasteiger partial charge in [-0.1, -0.05) is 20.8 Å². The van der Waals surface area contributed by atoms with Gasteiger partial charge < -0.3 is 10.1 Å². The molecule has 0 bridgehead atoms. The van der Waals surface area contributed by atoms with Crippen molar-refractivity contribution in [1.29, 1.82) is 0 Å². The van der Waals surface area contributed by atoms with E-state index in [1.54, 1.807) is 20.8 Å². The number of carbonyl (C=O) groups is 2. The van der Waals surface area contributed by atoms with Crippen molar-refractivity contribution in [3.8, 4) is 0 Å². The summed E-state index contributed by atoms with van der Waals surface area (Å²) in [5, 5.41) is 5.97. The van der Waals surface area contributed by atoms with Crippen molar-refractivity contribution < 1.29 is 18.7 Å². The van der Waals surface area contributed by atoms with Crippen LogP contribution in [0, 0.1) is 5.82 Å². The van der Waals surface area contributed by atoms with Crippen molar-refractivity contribution in [2.75, 3.05) is 10.6 Å². The molecule has 0 fully saturated rings. The van der Waals surface area contributed by atoms with Crippen LogP contribution in [0.2, 0.25) is 0 Å². The number of aromatic nitrogens is 1. The first kappa shape index (κ1) is 20.8. The molecule has 0 saturated heterocycles. The second kappa shape index (κ2) is 7.64. The highest BCUT2D eigenvalue weighted by Crippen LogP contribution is 2.29. The number of nitrogens with one attached hydrogen (secondary N) is 2. The van der Waals surface area contributed by atoms with E-state index in [1.165, 1.54) is 29.7 Å². The number of carbonyl (C=O) groups excluding carboxylic acids is 2. The summed E-state index contributed by atoms with van der Waals surface area (Å²) in [5.74, 6) is -0.972. The minimum absolute atomic E-state index is 0.136. The van der Waals surface area contributed by atoms with E-state index in [4.69, 9.17) is 4.74 Å². The molecule has 146 valence electrons. The highest BCUT2D eigenvalue weighted by molar-refractivity contribution is 7.13. The fourth-order valence-electron chi connectivity index (χ4n) is 2.05. The molecule has 0 unspecified atom stereocenters. The number of benzene rings is 1. The van der Waals surface area contributed by atoms with Crippen LogP contribution in [-0.2, 0) is 10.2 Å². The van der Waals surface area contributed by atoms with E-state index >= 15 is 0 Å². The molecule has 0 aliphatic rings. The average Bonchev–Trinajstić information content (AvgIpc) is 2.98. The number of halogens is 1. The molecule has 2 rings (SSSR count). The Morgan fingerprint density at radius 1 is 1.07 bits per heavy atom. The van der Waals surface area contributed by atoms with Gasteiger partial charge in [-0.2, -0.15) is 0 Å². The Bertz CT molecular complexity index is 851. The molecule has 1 aromatic heterocycles. The first-order chi connectivity index (χ1) is 12.3. The number of nitrogens with zero attached hydrogens (tertiary/aromatic N) is 1. The molecule has 1 heterocycles. The fourth-order valence-corrected chi connectivity index (χ4v) is 2.92. The van der Waals surface area contributed by atoms with Crippen molar-refractivity contribution >= 4 is 34.7 Å². The third-order valence-electron chi connectivity index (χ3n) is 3.24. The van der Waals surface area contributed by atoms with Gasteiger partial charge in [0.1, 0.15) is 16.3 Å². The lowest BCUT2D eigenvalue weighted by atomic mass is 9.98. The van der Waals surface area contributed by atoms with Crippen LogP contribution < -0.4 is 10.6 Å². The van der Waals surface area contributed by atoms with Gasteiger partial charge in [0, 0.05) is 5.41 Å². The van der Waals surface area contributed by atoms with Gasteiger partial charge in [0.05, 0.1) is 22.6 Å². The lowest BCUT2D eigenvalue weighted by Gasteiger charge is -2.20. The van der Waals surface area contributed by atoms with Crippen LogP contribution >= 0.6 is 11.3 Å². The highest BCUT2D eigenvalue weighted by Gasteiger charge is 2.22. The summed E-state index contributed by atoms with van der Waals surface area (Å²) in [5.41, 5.74) is -0.485. The van der Waals surface area contributed by atoms with Crippen LogP contribution in [0.1, 0.15) is 56.2 Å². The molecule has 0 atom stereocenters. The normalized spacial score (nSPS) is 11.8. The molecule has 2 N–H and O–H groups in total. The quantitative estimate of drug-likeness (QED) is 0.753. The molecule has 27 heavy (non-hydrogen) atoms. The van der Waals surface area contributed by atoms with Crippen LogP contribution in [0.5, 0.6) is 0 Å². The van der Waals surface area contributed by atoms with E-state index in [2.05, 4.69) is 15.6 Å². The summed E-state index contributed by atoms with van der Waals surface area (Å²) in [7, 11) is 0. The first-order valence-electron chi connectivity index (χ1n) is 8.42. The summed E-state index contributed by atoms with van der Waals surface area (Å²) in [4.78, 5) is 29.2. The van der Waals surface area contributed by atoms with E-state index in [0.29, 0.717) is 4.88 Å². The van der Waals surface area contributed by atoms with E-state index in [0.717, 1.165) is 11.1 Å². The smallest absolute Gasteiger partial charge is 0.412 e. The summed E-state index contributed by atoms with van der Waals surface area (Å²) < 4.78 is 18.9. The Hall–Kier alpha value is -2.48. The number of amides is 2. The fraction of sp³-hybridized carbons (Fsp3) is 0.421. The molecule has 0 aliphatic heterocycles. The molecule has 2 aromatic rings. The van der Waals surface area contributed by atoms with Gasteiger partial charge in [0.2, 0.25) is 0 Å². The first-order valence-corrected chi connectivity index (χ1v) is 9.24. The van der Waals surface area contributed by atoms with Gasteiger partial charge in [0.15, 0.2) is 0 Å². The summed E-state index contributed by atoms with van der Waals surface area (Å²) in [6.45, 7) is 11.2. The molecular weight excluding hydrogens is 369 g/mol. The zero-order chi connectivity index (χ0) is 20.4. The second-order valence-corrected chi connectivity index (χ2v) is 9.08. The molecule has 8 heteroatoms. The van der Waals surface area contributed by atoms with Crippen LogP contribution in [0.15, 0.2) is 24.4 Å². The SMILES string of the molecule is CC(C)(C)OC(=O)Nc1ccc(F)cc1NC(=O)c1cnc(C(C)(C)C)s1. The van der Waals surface area contributed by atoms with E-state index in [-0.39, 0.29) is 16.8 Å². The standard InChI is InChI=1S/C19H24FN3O3S/c1-18(2,3)16-21-10-14(27-16)15(24)22-13-9-11(20)7-8-12(13)23-17(25)26-19(4,5)6/h7-10H,1-6H3,(H,22,24)(H,23,25). The van der Waals surface area contributed by atoms with Crippen LogP contribution in [0.3, 0.4) is 0 Å². The Kier molecular flexibility index (Phi) is 5.89. The maximum Gasteiger partial charge on any atom is 0.412 e. The maximum absolute atomic E-state index is 13.7. The number of rotatable bonds is 3. The van der Waals surface area contributed by atoms with Crippen LogP contribution in [0.4, 0.5) is 20.6 Å². The summed E-state index contributed by atoms with van der Waals surface area (Å²) >= 11 is 1.27. The topological polar surface area (TPSA) is 80.3 Å². The largest absolute Gasteiger partial charge is 0.444 e. The number of hydrogen-bond acceptors (Lipinski definition) is 5. The minimum Gasteiger partial charge on any atom is -0.444 e. The van der Waals surface area contributed by atoms with E-state index < -0.39 is 23.4 Å². The summed E-state index contributed by atoms with van der Waals surface area (Å²) in [6, 6.07) is 3.69. The van der Waals surface area contributed by atoms with E-state index in [1.807, 2.05) is 20.8 Å². The number of anilines is 2. The number of hydrogen-bond donors (Lipinski definition) is 2. The Morgan fingerprint density at radius 3 is 2.30 bits per heavy atom. The number of ether oxygens (including phenoxy) is 1. The van der Waals surface area contributed by atoms with Crippen molar-refractivity contribution in [3.63, 3.8) is 0 Å². The van der Waals surface area contributed by atoms with Crippen molar-refractivity contribution in [2.45, 2.75) is 52.6 Å². The van der Waals surface area contributed by atoms with Gasteiger partial charge in [-0.15, -0.1) is 11.3 Å². The van der Waals surface area contributed by atoms with Crippen LogP contribution in [-0.4, -0.2) is 22.6 Å². The summed E-state index contributed by atoms with van der Waals surface area (Å²) in [6.07, 6.45) is 0.790. The Labute approximate surface area is 162 Å². The predicted molar refractivity (Wildman–Crippen MR) is 105 cm³/mol. The third kappa shape index (κ3) is 6.02. The average molecular weight is 393 g/mol.